The van der Waals surface area contributed by atoms with Crippen LogP contribution in [0.3, 0.4) is 0 Å². The van der Waals surface area contributed by atoms with Gasteiger partial charge in [0, 0.05) is 0 Å². The van der Waals surface area contributed by atoms with Gasteiger partial charge in [-0.05, 0) is 30.3 Å². The van der Waals surface area contributed by atoms with Crippen molar-refractivity contribution in [2.45, 2.75) is 0 Å². The molecule has 0 aliphatic heterocycles. The Morgan fingerprint density at radius 2 is 1.67 bits per heavy atom. The monoisotopic (exact) mass is 376 g/mol. The molecule has 0 aliphatic rings. The highest BCUT2D eigenvalue weighted by Crippen LogP contribution is 2.27. The van der Waals surface area contributed by atoms with Crippen molar-refractivity contribution in [3.8, 4) is 11.5 Å². The largest absolute Gasteiger partial charge is 0.493 e. The van der Waals surface area contributed by atoms with Crippen molar-refractivity contribution in [3.05, 3.63) is 59.4 Å². The van der Waals surface area contributed by atoms with Crippen LogP contribution in [0.15, 0.2) is 42.5 Å². The van der Waals surface area contributed by atoms with Crippen LogP contribution in [0, 0.1) is 5.82 Å². The maximum Gasteiger partial charge on any atom is 0.338 e. The van der Waals surface area contributed by atoms with E-state index in [2.05, 4.69) is 0 Å². The zero-order valence-corrected chi connectivity index (χ0v) is 14.6. The number of benzene rings is 2. The van der Waals surface area contributed by atoms with Gasteiger partial charge in [0.1, 0.15) is 5.82 Å². The normalized spacial score (nSPS) is 9.89. The van der Waals surface area contributed by atoms with E-state index in [1.54, 1.807) is 0 Å². The van der Waals surface area contributed by atoms with E-state index in [1.165, 1.54) is 50.6 Å². The summed E-state index contributed by atoms with van der Waals surface area (Å²) in [6.45, 7) is -0.648. The third kappa shape index (κ3) is 5.18. The molecule has 27 heavy (non-hydrogen) atoms. The van der Waals surface area contributed by atoms with Crippen molar-refractivity contribution in [2.75, 3.05) is 20.8 Å². The van der Waals surface area contributed by atoms with Gasteiger partial charge in [-0.3, -0.25) is 20.4 Å². The maximum absolute atomic E-state index is 13.5. The van der Waals surface area contributed by atoms with Gasteiger partial charge < -0.3 is 14.2 Å². The minimum absolute atomic E-state index is 0.149. The molecule has 2 aromatic carbocycles. The van der Waals surface area contributed by atoms with Crippen LogP contribution < -0.4 is 20.3 Å². The van der Waals surface area contributed by atoms with E-state index in [4.69, 9.17) is 14.2 Å². The molecule has 142 valence electrons. The second-order valence-corrected chi connectivity index (χ2v) is 5.13. The molecule has 2 aromatic rings. The Balaban J connectivity index is 1.85. The summed E-state index contributed by atoms with van der Waals surface area (Å²) in [7, 11) is 2.87. The van der Waals surface area contributed by atoms with Crippen molar-refractivity contribution in [1.82, 2.24) is 10.9 Å². The lowest BCUT2D eigenvalue weighted by atomic mass is 10.2. The average molecular weight is 376 g/mol. The van der Waals surface area contributed by atoms with Gasteiger partial charge in [0.2, 0.25) is 0 Å². The first-order valence-electron chi connectivity index (χ1n) is 7.69. The number of ether oxygens (including phenoxy) is 3. The quantitative estimate of drug-likeness (QED) is 0.585. The molecule has 0 saturated heterocycles. The predicted octanol–water partition coefficient (Wildman–Crippen LogP) is 1.46. The molecule has 0 aliphatic carbocycles. The van der Waals surface area contributed by atoms with E-state index in [9.17, 15) is 18.8 Å². The number of methoxy groups -OCH3 is 2. The summed E-state index contributed by atoms with van der Waals surface area (Å²) in [4.78, 5) is 35.4. The van der Waals surface area contributed by atoms with E-state index >= 15 is 0 Å². The summed E-state index contributed by atoms with van der Waals surface area (Å²) in [6.07, 6.45) is 0. The smallest absolute Gasteiger partial charge is 0.338 e. The number of halogens is 1. The first-order valence-corrected chi connectivity index (χ1v) is 7.69. The molecular formula is C18H17FN2O6. The maximum atomic E-state index is 13.5. The highest BCUT2D eigenvalue weighted by molar-refractivity contribution is 5.96. The summed E-state index contributed by atoms with van der Waals surface area (Å²) in [5, 5.41) is 0. The Hall–Kier alpha value is -3.62. The van der Waals surface area contributed by atoms with Gasteiger partial charge in [0.25, 0.3) is 11.8 Å². The Kier molecular flexibility index (Phi) is 6.70. The third-order valence-corrected chi connectivity index (χ3v) is 3.39. The lowest BCUT2D eigenvalue weighted by Crippen LogP contribution is -2.43. The molecule has 0 saturated carbocycles. The SMILES string of the molecule is COc1ccc(C(=O)OCC(=O)NNC(=O)c2ccccc2F)cc1OC. The Morgan fingerprint density at radius 1 is 0.963 bits per heavy atom. The summed E-state index contributed by atoms with van der Waals surface area (Å²) >= 11 is 0. The molecule has 2 amide bonds. The molecule has 9 heteroatoms. The topological polar surface area (TPSA) is 103 Å². The number of nitrogens with one attached hydrogen (secondary N) is 2. The van der Waals surface area contributed by atoms with Crippen molar-refractivity contribution in [3.63, 3.8) is 0 Å². The van der Waals surface area contributed by atoms with Crippen molar-refractivity contribution in [2.24, 2.45) is 0 Å². The molecule has 2 N–H and O–H groups in total. The zero-order valence-electron chi connectivity index (χ0n) is 14.6. The standard InChI is InChI=1S/C18H17FN2O6/c1-25-14-8-7-11(9-15(14)26-2)18(24)27-10-16(22)20-21-17(23)12-5-3-4-6-13(12)19/h3-9H,10H2,1-2H3,(H,20,22)(H,21,23). The highest BCUT2D eigenvalue weighted by Gasteiger charge is 2.15. The first kappa shape index (κ1) is 19.7. The first-order chi connectivity index (χ1) is 13.0. The molecule has 0 unspecified atom stereocenters. The fraction of sp³-hybridized carbons (Fsp3) is 0.167. The van der Waals surface area contributed by atoms with Gasteiger partial charge in [-0.2, -0.15) is 0 Å². The van der Waals surface area contributed by atoms with E-state index in [0.717, 1.165) is 6.07 Å². The van der Waals surface area contributed by atoms with Gasteiger partial charge in [-0.1, -0.05) is 12.1 Å². The van der Waals surface area contributed by atoms with Gasteiger partial charge in [0.15, 0.2) is 18.1 Å². The molecule has 8 nitrogen and oxygen atoms in total. The van der Waals surface area contributed by atoms with E-state index in [1.807, 2.05) is 10.9 Å². The van der Waals surface area contributed by atoms with Gasteiger partial charge >= 0.3 is 5.97 Å². The van der Waals surface area contributed by atoms with Crippen LogP contribution in [0.4, 0.5) is 4.39 Å². The van der Waals surface area contributed by atoms with E-state index in [-0.39, 0.29) is 11.1 Å². The number of rotatable bonds is 6. The summed E-state index contributed by atoms with van der Waals surface area (Å²) < 4.78 is 28.5. The fourth-order valence-corrected chi connectivity index (χ4v) is 2.05. The van der Waals surface area contributed by atoms with Gasteiger partial charge in [-0.25, -0.2) is 9.18 Å². The molecule has 0 heterocycles. The van der Waals surface area contributed by atoms with E-state index < -0.39 is 30.2 Å². The van der Waals surface area contributed by atoms with Gasteiger partial charge in [-0.15, -0.1) is 0 Å². The van der Waals surface area contributed by atoms with Crippen molar-refractivity contribution in [1.29, 1.82) is 0 Å². The summed E-state index contributed by atoms with van der Waals surface area (Å²) in [5.74, 6) is -2.38. The Morgan fingerprint density at radius 3 is 2.33 bits per heavy atom. The number of hydrazine groups is 1. The molecule has 0 bridgehead atoms. The van der Waals surface area contributed by atoms with Crippen LogP contribution in [0.5, 0.6) is 11.5 Å². The number of esters is 1. The van der Waals surface area contributed by atoms with Gasteiger partial charge in [0.05, 0.1) is 25.3 Å². The molecule has 0 atom stereocenters. The highest BCUT2D eigenvalue weighted by atomic mass is 19.1. The minimum atomic E-state index is -0.840. The van der Waals surface area contributed by atoms with Crippen molar-refractivity contribution < 1.29 is 33.0 Å². The van der Waals surface area contributed by atoms with E-state index in [0.29, 0.717) is 11.5 Å². The summed E-state index contributed by atoms with van der Waals surface area (Å²) in [5.41, 5.74) is 3.97. The molecule has 2 rings (SSSR count). The van der Waals surface area contributed by atoms with Crippen LogP contribution in [0.2, 0.25) is 0 Å². The van der Waals surface area contributed by atoms with Crippen molar-refractivity contribution >= 4 is 17.8 Å². The molecule has 0 radical (unpaired) electrons. The van der Waals surface area contributed by atoms with Crippen LogP contribution in [0.25, 0.3) is 0 Å². The molecular weight excluding hydrogens is 359 g/mol. The molecule has 0 fully saturated rings. The lowest BCUT2D eigenvalue weighted by Gasteiger charge is -2.10. The number of carbonyl (C=O) groups is 3. The molecule has 0 aromatic heterocycles. The van der Waals surface area contributed by atoms with Crippen LogP contribution in [-0.2, 0) is 9.53 Å². The minimum Gasteiger partial charge on any atom is -0.493 e. The zero-order chi connectivity index (χ0) is 19.8. The Bertz CT molecular complexity index is 855. The number of amides is 2. The fourth-order valence-electron chi connectivity index (χ4n) is 2.05. The van der Waals surface area contributed by atoms with Crippen LogP contribution in [-0.4, -0.2) is 38.6 Å². The van der Waals surface area contributed by atoms with Crippen LogP contribution in [0.1, 0.15) is 20.7 Å². The number of carbonyl (C=O) groups excluding carboxylic acids is 3. The molecule has 0 spiro atoms. The third-order valence-electron chi connectivity index (χ3n) is 3.39. The Labute approximate surface area is 154 Å². The number of hydrogen-bond acceptors (Lipinski definition) is 6. The number of hydrogen-bond donors (Lipinski definition) is 2. The summed E-state index contributed by atoms with van der Waals surface area (Å²) in [6, 6.07) is 9.64. The lowest BCUT2D eigenvalue weighted by molar-refractivity contribution is -0.125. The van der Waals surface area contributed by atoms with Crippen LogP contribution >= 0.6 is 0 Å². The predicted molar refractivity (Wildman–Crippen MR) is 91.8 cm³/mol. The second-order valence-electron chi connectivity index (χ2n) is 5.13. The average Bonchev–Trinajstić information content (AvgIpc) is 2.69. The second kappa shape index (κ2) is 9.18.